The smallest absolute Gasteiger partial charge is 0.410 e. The Morgan fingerprint density at radius 3 is 2.39 bits per heavy atom. The molecule has 1 aromatic carbocycles. The summed E-state index contributed by atoms with van der Waals surface area (Å²) >= 11 is 3.09. The number of nitrogens with zero attached hydrogens (tertiary/aromatic N) is 1. The molecular weight excluding hydrogens is 429 g/mol. The lowest BCUT2D eigenvalue weighted by atomic mass is 9.87. The Morgan fingerprint density at radius 1 is 1.25 bits per heavy atom. The molecule has 3 rings (SSSR count). The zero-order chi connectivity index (χ0) is 20.6. The third kappa shape index (κ3) is 4.54. The van der Waals surface area contributed by atoms with E-state index in [0.717, 1.165) is 12.8 Å². The number of halogens is 2. The van der Waals surface area contributed by atoms with Gasteiger partial charge in [-0.15, -0.1) is 0 Å². The summed E-state index contributed by atoms with van der Waals surface area (Å²) in [6.07, 6.45) is 2.44. The average Bonchev–Trinajstić information content (AvgIpc) is 2.86. The molecule has 2 aliphatic heterocycles. The van der Waals surface area contributed by atoms with E-state index >= 15 is 0 Å². The molecule has 1 amide bonds. The lowest BCUT2D eigenvalue weighted by molar-refractivity contribution is -0.118. The Hall–Kier alpha value is -1.96. The van der Waals surface area contributed by atoms with Crippen molar-refractivity contribution < 1.29 is 18.7 Å². The Balaban J connectivity index is 1.63. The van der Waals surface area contributed by atoms with Crippen molar-refractivity contribution in [1.82, 2.24) is 4.90 Å². The summed E-state index contributed by atoms with van der Waals surface area (Å²) in [6.45, 7) is 5.51. The fourth-order valence-electron chi connectivity index (χ4n) is 3.99. The van der Waals surface area contributed by atoms with Gasteiger partial charge in [0.05, 0.1) is 4.47 Å². The van der Waals surface area contributed by atoms with Crippen molar-refractivity contribution >= 4 is 39.3 Å². The fourth-order valence-corrected chi connectivity index (χ4v) is 4.37. The van der Waals surface area contributed by atoms with Gasteiger partial charge in [0.25, 0.3) is 0 Å². The van der Waals surface area contributed by atoms with Gasteiger partial charge in [-0.3, -0.25) is 10.2 Å². The normalized spacial score (nSPS) is 24.0. The van der Waals surface area contributed by atoms with Gasteiger partial charge in [-0.05, 0) is 80.6 Å². The number of piperidine rings is 1. The predicted molar refractivity (Wildman–Crippen MR) is 108 cm³/mol. The first-order valence-corrected chi connectivity index (χ1v) is 10.2. The summed E-state index contributed by atoms with van der Waals surface area (Å²) in [5.41, 5.74) is -0.0839. The van der Waals surface area contributed by atoms with E-state index in [9.17, 15) is 14.0 Å². The van der Waals surface area contributed by atoms with Crippen molar-refractivity contribution in [3.05, 3.63) is 28.5 Å². The number of fused-ring (bicyclic) bond motifs is 2. The topological polar surface area (TPSA) is 82.5 Å². The van der Waals surface area contributed by atoms with Crippen LogP contribution in [0.1, 0.15) is 46.5 Å². The predicted octanol–water partition coefficient (Wildman–Crippen LogP) is 4.72. The number of nitrogens with one attached hydrogen (secondary N) is 2. The van der Waals surface area contributed by atoms with Crippen molar-refractivity contribution in [1.29, 1.82) is 5.41 Å². The van der Waals surface area contributed by atoms with Crippen LogP contribution in [0.2, 0.25) is 0 Å². The van der Waals surface area contributed by atoms with E-state index in [2.05, 4.69) is 21.2 Å². The molecule has 152 valence electrons. The molecule has 1 unspecified atom stereocenters. The fraction of sp³-hybridized carbons (Fsp3) is 0.550. The number of anilines is 1. The molecule has 2 fully saturated rings. The zero-order valence-electron chi connectivity index (χ0n) is 16.2. The van der Waals surface area contributed by atoms with Crippen LogP contribution in [0, 0.1) is 17.1 Å². The lowest BCUT2D eigenvalue weighted by Gasteiger charge is -2.39. The van der Waals surface area contributed by atoms with Crippen LogP contribution in [-0.4, -0.2) is 40.3 Å². The van der Waals surface area contributed by atoms with E-state index in [1.54, 1.807) is 4.90 Å². The monoisotopic (exact) mass is 453 g/mol. The Labute approximate surface area is 172 Å². The van der Waals surface area contributed by atoms with Crippen molar-refractivity contribution in [3.8, 4) is 0 Å². The summed E-state index contributed by atoms with van der Waals surface area (Å²) in [5, 5.41) is 10.9. The van der Waals surface area contributed by atoms with Gasteiger partial charge >= 0.3 is 6.09 Å². The number of ether oxygens (including phenoxy) is 1. The highest BCUT2D eigenvalue weighted by atomic mass is 79.9. The second-order valence-corrected chi connectivity index (χ2v) is 9.29. The number of Topliss-reactive ketones (excluding diaryl/α,β-unsaturated/α-hetero) is 1. The second kappa shape index (κ2) is 7.81. The van der Waals surface area contributed by atoms with Crippen LogP contribution in [0.3, 0.4) is 0 Å². The van der Waals surface area contributed by atoms with Crippen LogP contribution in [-0.2, 0) is 9.53 Å². The van der Waals surface area contributed by atoms with Gasteiger partial charge in [-0.1, -0.05) is 0 Å². The third-order valence-corrected chi connectivity index (χ3v) is 5.75. The van der Waals surface area contributed by atoms with E-state index in [1.165, 1.54) is 18.2 Å². The summed E-state index contributed by atoms with van der Waals surface area (Å²) in [5.74, 6) is -1.20. The molecule has 0 aliphatic carbocycles. The molecule has 0 saturated carbocycles. The standard InChI is InChI=1S/C20H25BrFN3O3/c1-20(2,3)28-19(27)25-13-5-6-14(25)9-11(8-13)17(26)18(23)24-12-4-7-16(22)15(21)10-12/h4,7,10-11,13-14H,5-6,8-9H2,1-3H3,(H2,23,24)/t11?,13-,14+. The summed E-state index contributed by atoms with van der Waals surface area (Å²) < 4.78 is 19.1. The maximum Gasteiger partial charge on any atom is 0.410 e. The number of carbonyl (C=O) groups excluding carboxylic acids is 2. The number of benzene rings is 1. The van der Waals surface area contributed by atoms with E-state index < -0.39 is 11.4 Å². The van der Waals surface area contributed by atoms with E-state index in [0.29, 0.717) is 18.5 Å². The minimum absolute atomic E-state index is 0.0321. The molecule has 2 saturated heterocycles. The van der Waals surface area contributed by atoms with Crippen molar-refractivity contribution in [2.45, 2.75) is 64.1 Å². The molecule has 0 radical (unpaired) electrons. The van der Waals surface area contributed by atoms with Crippen LogP contribution < -0.4 is 5.32 Å². The molecule has 0 spiro atoms. The van der Waals surface area contributed by atoms with E-state index in [4.69, 9.17) is 10.1 Å². The Bertz CT molecular complexity index is 794. The van der Waals surface area contributed by atoms with Crippen LogP contribution >= 0.6 is 15.9 Å². The van der Waals surface area contributed by atoms with Gasteiger partial charge in [0, 0.05) is 23.7 Å². The number of rotatable bonds is 3. The number of amides is 1. The van der Waals surface area contributed by atoms with Gasteiger partial charge in [0.2, 0.25) is 5.78 Å². The minimum atomic E-state index is -0.557. The van der Waals surface area contributed by atoms with Crippen molar-refractivity contribution in [2.24, 2.45) is 5.92 Å². The van der Waals surface area contributed by atoms with Gasteiger partial charge < -0.3 is 15.0 Å². The largest absolute Gasteiger partial charge is 0.444 e. The van der Waals surface area contributed by atoms with Crippen molar-refractivity contribution in [3.63, 3.8) is 0 Å². The molecular formula is C20H25BrFN3O3. The minimum Gasteiger partial charge on any atom is -0.444 e. The first-order valence-electron chi connectivity index (χ1n) is 9.41. The molecule has 2 bridgehead atoms. The molecule has 2 aliphatic rings. The average molecular weight is 454 g/mol. The highest BCUT2D eigenvalue weighted by Gasteiger charge is 2.46. The van der Waals surface area contributed by atoms with Crippen molar-refractivity contribution in [2.75, 3.05) is 5.32 Å². The molecule has 2 heterocycles. The maximum atomic E-state index is 13.3. The van der Waals surface area contributed by atoms with Crippen LogP contribution in [0.15, 0.2) is 22.7 Å². The highest BCUT2D eigenvalue weighted by molar-refractivity contribution is 9.10. The molecule has 28 heavy (non-hydrogen) atoms. The quantitative estimate of drug-likeness (QED) is 0.511. The molecule has 1 aromatic rings. The SMILES string of the molecule is CC(C)(C)OC(=O)N1[C@@H]2CC[C@H]1CC(C(=O)C(=N)Nc1ccc(F)c(Br)c1)C2. The second-order valence-electron chi connectivity index (χ2n) is 8.43. The number of ketones is 1. The van der Waals surface area contributed by atoms with Gasteiger partial charge in [-0.25, -0.2) is 9.18 Å². The maximum absolute atomic E-state index is 13.3. The van der Waals surface area contributed by atoms with Crippen LogP contribution in [0.4, 0.5) is 14.9 Å². The first-order chi connectivity index (χ1) is 13.0. The molecule has 2 N–H and O–H groups in total. The summed E-state index contributed by atoms with van der Waals surface area (Å²) in [6, 6.07) is 4.18. The number of hydrogen-bond donors (Lipinski definition) is 2. The Morgan fingerprint density at radius 2 is 1.86 bits per heavy atom. The first kappa shape index (κ1) is 20.8. The molecule has 8 heteroatoms. The van der Waals surface area contributed by atoms with Gasteiger partial charge in [0.1, 0.15) is 11.4 Å². The Kier molecular flexibility index (Phi) is 5.79. The van der Waals surface area contributed by atoms with Crippen LogP contribution in [0.25, 0.3) is 0 Å². The van der Waals surface area contributed by atoms with E-state index in [-0.39, 0.29) is 40.2 Å². The number of amidine groups is 1. The lowest BCUT2D eigenvalue weighted by Crippen LogP contribution is -2.50. The number of hydrogen-bond acceptors (Lipinski definition) is 4. The van der Waals surface area contributed by atoms with Gasteiger partial charge in [0.15, 0.2) is 5.84 Å². The zero-order valence-corrected chi connectivity index (χ0v) is 17.8. The highest BCUT2D eigenvalue weighted by Crippen LogP contribution is 2.40. The molecule has 0 aromatic heterocycles. The summed E-state index contributed by atoms with van der Waals surface area (Å²) in [7, 11) is 0. The van der Waals surface area contributed by atoms with E-state index in [1.807, 2.05) is 20.8 Å². The molecule has 6 nitrogen and oxygen atoms in total. The van der Waals surface area contributed by atoms with Crippen LogP contribution in [0.5, 0.6) is 0 Å². The summed E-state index contributed by atoms with van der Waals surface area (Å²) in [4.78, 5) is 27.1. The number of carbonyl (C=O) groups is 2. The van der Waals surface area contributed by atoms with Gasteiger partial charge in [-0.2, -0.15) is 0 Å². The third-order valence-electron chi connectivity index (χ3n) is 5.14. The molecule has 3 atom stereocenters.